The highest BCUT2D eigenvalue weighted by molar-refractivity contribution is 6.31. The molecule has 122 valence electrons. The zero-order chi connectivity index (χ0) is 17.0. The van der Waals surface area contributed by atoms with Gasteiger partial charge in [-0.05, 0) is 48.7 Å². The van der Waals surface area contributed by atoms with Gasteiger partial charge in [0.1, 0.15) is 5.75 Å². The number of benzene rings is 2. The third kappa shape index (κ3) is 4.03. The van der Waals surface area contributed by atoms with Crippen molar-refractivity contribution in [2.75, 3.05) is 19.1 Å². The van der Waals surface area contributed by atoms with Gasteiger partial charge in [0.25, 0.3) is 0 Å². The van der Waals surface area contributed by atoms with E-state index in [9.17, 15) is 4.79 Å². The maximum absolute atomic E-state index is 12.5. The van der Waals surface area contributed by atoms with Crippen molar-refractivity contribution in [3.8, 4) is 5.75 Å². The highest BCUT2D eigenvalue weighted by atomic mass is 35.5. The molecule has 2 rings (SSSR count). The van der Waals surface area contributed by atoms with Crippen LogP contribution in [0, 0.1) is 6.92 Å². The maximum atomic E-state index is 12.5. The van der Waals surface area contributed by atoms with E-state index in [0.29, 0.717) is 17.2 Å². The number of carbonyl (C=O) groups is 1. The number of hydrogen-bond donors (Lipinski definition) is 1. The third-order valence-corrected chi connectivity index (χ3v) is 4.18. The van der Waals surface area contributed by atoms with Crippen LogP contribution in [-0.4, -0.2) is 26.1 Å². The molecule has 0 spiro atoms. The van der Waals surface area contributed by atoms with Gasteiger partial charge < -0.3 is 15.4 Å². The van der Waals surface area contributed by atoms with Gasteiger partial charge in [-0.3, -0.25) is 4.79 Å². The highest BCUT2D eigenvalue weighted by Crippen LogP contribution is 2.27. The van der Waals surface area contributed by atoms with Crippen LogP contribution in [-0.2, 0) is 11.2 Å². The quantitative estimate of drug-likeness (QED) is 0.914. The number of carbonyl (C=O) groups excluding carboxylic acids is 1. The Morgan fingerprint density at radius 2 is 1.96 bits per heavy atom. The van der Waals surface area contributed by atoms with Crippen molar-refractivity contribution in [2.24, 2.45) is 5.73 Å². The Morgan fingerprint density at radius 3 is 2.52 bits per heavy atom. The summed E-state index contributed by atoms with van der Waals surface area (Å²) in [4.78, 5) is 14.1. The number of methoxy groups -OCH3 is 1. The Kier molecular flexibility index (Phi) is 5.64. The van der Waals surface area contributed by atoms with Crippen LogP contribution in [0.4, 0.5) is 5.69 Å². The molecular formula is C18H21ClN2O2. The summed E-state index contributed by atoms with van der Waals surface area (Å²) in [7, 11) is 3.31. The molecule has 0 saturated carbocycles. The Labute approximate surface area is 141 Å². The van der Waals surface area contributed by atoms with E-state index in [4.69, 9.17) is 22.1 Å². The molecule has 1 amide bonds. The number of hydrogen-bond acceptors (Lipinski definition) is 3. The minimum atomic E-state index is -0.662. The Hall–Kier alpha value is -2.04. The second-order valence-corrected chi connectivity index (χ2v) is 5.86. The molecule has 4 nitrogen and oxygen atoms in total. The van der Waals surface area contributed by atoms with Crippen LogP contribution < -0.4 is 15.4 Å². The first-order valence-corrected chi connectivity index (χ1v) is 7.73. The summed E-state index contributed by atoms with van der Waals surface area (Å²) < 4.78 is 5.19. The van der Waals surface area contributed by atoms with E-state index in [0.717, 1.165) is 16.8 Å². The minimum Gasteiger partial charge on any atom is -0.497 e. The fraction of sp³-hybridized carbons (Fsp3) is 0.278. The van der Waals surface area contributed by atoms with Crippen LogP contribution in [0.5, 0.6) is 5.75 Å². The van der Waals surface area contributed by atoms with Crippen molar-refractivity contribution in [2.45, 2.75) is 19.4 Å². The number of ether oxygens (including phenoxy) is 1. The van der Waals surface area contributed by atoms with Crippen molar-refractivity contribution in [3.63, 3.8) is 0 Å². The van der Waals surface area contributed by atoms with Crippen LogP contribution in [0.15, 0.2) is 42.5 Å². The minimum absolute atomic E-state index is 0.150. The van der Waals surface area contributed by atoms with Crippen molar-refractivity contribution in [1.82, 2.24) is 0 Å². The van der Waals surface area contributed by atoms with Crippen molar-refractivity contribution >= 4 is 23.2 Å². The predicted octanol–water partition coefficient (Wildman–Crippen LogP) is 3.19. The molecule has 0 aliphatic carbocycles. The van der Waals surface area contributed by atoms with E-state index in [2.05, 4.69) is 0 Å². The number of nitrogens with zero attached hydrogens (tertiary/aromatic N) is 1. The van der Waals surface area contributed by atoms with Gasteiger partial charge in [0.15, 0.2) is 0 Å². The van der Waals surface area contributed by atoms with E-state index in [1.807, 2.05) is 43.3 Å². The van der Waals surface area contributed by atoms with Gasteiger partial charge in [-0.1, -0.05) is 29.8 Å². The SMILES string of the molecule is COc1cc(C)c(C[C@H](N)C(=O)N(C)c2ccccc2)c(Cl)c1. The van der Waals surface area contributed by atoms with Gasteiger partial charge in [0.05, 0.1) is 13.2 Å². The number of likely N-dealkylation sites (N-methyl/N-ethyl adjacent to an activating group) is 1. The molecule has 0 heterocycles. The molecule has 2 aromatic carbocycles. The average molecular weight is 333 g/mol. The number of rotatable bonds is 5. The number of amides is 1. The average Bonchev–Trinajstić information content (AvgIpc) is 2.57. The molecule has 0 aliphatic rings. The molecule has 0 bridgehead atoms. The lowest BCUT2D eigenvalue weighted by molar-refractivity contribution is -0.119. The Balaban J connectivity index is 2.16. The van der Waals surface area contributed by atoms with Crippen molar-refractivity contribution in [1.29, 1.82) is 0 Å². The summed E-state index contributed by atoms with van der Waals surface area (Å²) in [5.74, 6) is 0.542. The smallest absolute Gasteiger partial charge is 0.243 e. The first-order valence-electron chi connectivity index (χ1n) is 7.35. The van der Waals surface area contributed by atoms with E-state index >= 15 is 0 Å². The second-order valence-electron chi connectivity index (χ2n) is 5.45. The summed E-state index contributed by atoms with van der Waals surface area (Å²) in [6.07, 6.45) is 0.380. The van der Waals surface area contributed by atoms with Gasteiger partial charge in [-0.15, -0.1) is 0 Å². The molecule has 5 heteroatoms. The molecule has 2 N–H and O–H groups in total. The second kappa shape index (κ2) is 7.49. The maximum Gasteiger partial charge on any atom is 0.243 e. The van der Waals surface area contributed by atoms with Gasteiger partial charge in [0, 0.05) is 17.8 Å². The Bertz CT molecular complexity index is 666. The predicted molar refractivity (Wildman–Crippen MR) is 94.3 cm³/mol. The molecule has 0 aliphatic heterocycles. The number of anilines is 1. The topological polar surface area (TPSA) is 55.6 Å². The molecular weight excluding hydrogens is 312 g/mol. The van der Waals surface area contributed by atoms with Crippen LogP contribution in [0.1, 0.15) is 11.1 Å². The first kappa shape index (κ1) is 17.3. The zero-order valence-electron chi connectivity index (χ0n) is 13.5. The van der Waals surface area contributed by atoms with Crippen LogP contribution in [0.2, 0.25) is 5.02 Å². The zero-order valence-corrected chi connectivity index (χ0v) is 14.3. The molecule has 23 heavy (non-hydrogen) atoms. The summed E-state index contributed by atoms with van der Waals surface area (Å²) in [6.45, 7) is 1.93. The molecule has 1 atom stereocenters. The largest absolute Gasteiger partial charge is 0.497 e. The highest BCUT2D eigenvalue weighted by Gasteiger charge is 2.21. The lowest BCUT2D eigenvalue weighted by atomic mass is 10.00. The van der Waals surface area contributed by atoms with Gasteiger partial charge >= 0.3 is 0 Å². The lowest BCUT2D eigenvalue weighted by Gasteiger charge is -2.22. The van der Waals surface area contributed by atoms with Gasteiger partial charge in [0.2, 0.25) is 5.91 Å². The molecule has 2 aromatic rings. The number of halogens is 1. The number of aryl methyl sites for hydroxylation is 1. The van der Waals surface area contributed by atoms with Crippen molar-refractivity contribution < 1.29 is 9.53 Å². The van der Waals surface area contributed by atoms with Crippen molar-refractivity contribution in [3.05, 3.63) is 58.6 Å². The monoisotopic (exact) mass is 332 g/mol. The summed E-state index contributed by atoms with van der Waals surface area (Å²) in [5.41, 5.74) is 8.75. The fourth-order valence-electron chi connectivity index (χ4n) is 2.45. The lowest BCUT2D eigenvalue weighted by Crippen LogP contribution is -2.43. The van der Waals surface area contributed by atoms with Crippen LogP contribution in [0.25, 0.3) is 0 Å². The van der Waals surface area contributed by atoms with Crippen LogP contribution >= 0.6 is 11.6 Å². The molecule has 0 fully saturated rings. The molecule has 0 aromatic heterocycles. The van der Waals surface area contributed by atoms with Gasteiger partial charge in [-0.2, -0.15) is 0 Å². The normalized spacial score (nSPS) is 11.9. The third-order valence-electron chi connectivity index (χ3n) is 3.84. The summed E-state index contributed by atoms with van der Waals surface area (Å²) in [6, 6.07) is 12.4. The fourth-order valence-corrected chi connectivity index (χ4v) is 2.79. The van der Waals surface area contributed by atoms with E-state index in [-0.39, 0.29) is 5.91 Å². The number of para-hydroxylation sites is 1. The van der Waals surface area contributed by atoms with Crippen LogP contribution in [0.3, 0.4) is 0 Å². The van der Waals surface area contributed by atoms with E-state index < -0.39 is 6.04 Å². The van der Waals surface area contributed by atoms with Gasteiger partial charge in [-0.25, -0.2) is 0 Å². The Morgan fingerprint density at radius 1 is 1.30 bits per heavy atom. The molecule has 0 saturated heterocycles. The van der Waals surface area contributed by atoms with E-state index in [1.54, 1.807) is 25.1 Å². The number of nitrogens with two attached hydrogens (primary N) is 1. The first-order chi connectivity index (χ1) is 10.9. The summed E-state index contributed by atoms with van der Waals surface area (Å²) in [5, 5.41) is 0.562. The molecule has 0 unspecified atom stereocenters. The molecule has 0 radical (unpaired) electrons. The summed E-state index contributed by atoms with van der Waals surface area (Å²) >= 11 is 6.30. The standard InChI is InChI=1S/C18H21ClN2O2/c1-12-9-14(23-3)10-16(19)15(12)11-17(20)18(22)21(2)13-7-5-4-6-8-13/h4-10,17H,11,20H2,1-3H3/t17-/m0/s1. The van der Waals surface area contributed by atoms with E-state index in [1.165, 1.54) is 0 Å².